The van der Waals surface area contributed by atoms with Crippen LogP contribution >= 0.6 is 0 Å². The molecule has 0 unspecified atom stereocenters. The SMILES string of the molecule is CCCCCCCCCCCCCCCCCCO[Si](C)(C)C1CCCCC1. The van der Waals surface area contributed by atoms with Crippen LogP contribution in [-0.2, 0) is 4.43 Å². The molecular formula is C26H54OSi. The van der Waals surface area contributed by atoms with Crippen LogP contribution in [0, 0.1) is 0 Å². The molecule has 1 aliphatic carbocycles. The van der Waals surface area contributed by atoms with Crippen molar-refractivity contribution in [2.75, 3.05) is 6.61 Å². The highest BCUT2D eigenvalue weighted by molar-refractivity contribution is 6.72. The Hall–Kier alpha value is 0.177. The Bertz CT molecular complexity index is 322. The van der Waals surface area contributed by atoms with E-state index in [1.807, 2.05) is 0 Å². The molecule has 0 aliphatic heterocycles. The van der Waals surface area contributed by atoms with Gasteiger partial charge in [0, 0.05) is 6.61 Å². The smallest absolute Gasteiger partial charge is 0.189 e. The van der Waals surface area contributed by atoms with Crippen molar-refractivity contribution in [1.82, 2.24) is 0 Å². The molecule has 0 aromatic heterocycles. The summed E-state index contributed by atoms with van der Waals surface area (Å²) in [6.07, 6.45) is 30.3. The summed E-state index contributed by atoms with van der Waals surface area (Å²) >= 11 is 0. The minimum atomic E-state index is -1.41. The van der Waals surface area contributed by atoms with Gasteiger partial charge in [0.25, 0.3) is 0 Å². The Kier molecular flexibility index (Phi) is 16.8. The predicted octanol–water partition coefficient (Wildman–Crippen LogP) is 9.80. The minimum absolute atomic E-state index is 0.933. The summed E-state index contributed by atoms with van der Waals surface area (Å²) in [6, 6.07) is 0. The molecule has 1 rings (SSSR count). The lowest BCUT2D eigenvalue weighted by atomic mass is 10.0. The molecule has 0 spiro atoms. The van der Waals surface area contributed by atoms with Crippen LogP contribution < -0.4 is 0 Å². The third-order valence-electron chi connectivity index (χ3n) is 7.06. The Balaban J connectivity index is 1.77. The summed E-state index contributed by atoms with van der Waals surface area (Å²) in [5, 5.41) is 0. The van der Waals surface area contributed by atoms with E-state index >= 15 is 0 Å². The average molecular weight is 411 g/mol. The second-order valence-corrected chi connectivity index (χ2v) is 14.4. The zero-order chi connectivity index (χ0) is 20.3. The molecule has 0 aromatic rings. The zero-order valence-corrected chi connectivity index (χ0v) is 21.0. The lowest BCUT2D eigenvalue weighted by molar-refractivity contribution is 0.277. The number of hydrogen-bond acceptors (Lipinski definition) is 1. The summed E-state index contributed by atoms with van der Waals surface area (Å²) in [5.74, 6) is 0. The largest absolute Gasteiger partial charge is 0.417 e. The van der Waals surface area contributed by atoms with E-state index in [4.69, 9.17) is 4.43 Å². The van der Waals surface area contributed by atoms with E-state index in [2.05, 4.69) is 20.0 Å². The van der Waals surface area contributed by atoms with E-state index in [-0.39, 0.29) is 0 Å². The number of hydrogen-bond donors (Lipinski definition) is 0. The first-order valence-electron chi connectivity index (χ1n) is 13.3. The summed E-state index contributed by atoms with van der Waals surface area (Å²) in [5.41, 5.74) is 0.933. The summed E-state index contributed by atoms with van der Waals surface area (Å²) in [7, 11) is -1.41. The number of rotatable bonds is 19. The minimum Gasteiger partial charge on any atom is -0.417 e. The van der Waals surface area contributed by atoms with E-state index < -0.39 is 8.32 Å². The van der Waals surface area contributed by atoms with Gasteiger partial charge in [0.2, 0.25) is 0 Å². The van der Waals surface area contributed by atoms with Gasteiger partial charge in [0.1, 0.15) is 0 Å². The van der Waals surface area contributed by atoms with Crippen LogP contribution in [0.2, 0.25) is 18.6 Å². The van der Waals surface area contributed by atoms with Gasteiger partial charge in [-0.3, -0.25) is 0 Å². The van der Waals surface area contributed by atoms with Gasteiger partial charge in [-0.15, -0.1) is 0 Å². The van der Waals surface area contributed by atoms with E-state index in [0.717, 1.165) is 12.1 Å². The summed E-state index contributed by atoms with van der Waals surface area (Å²) in [4.78, 5) is 0. The first-order chi connectivity index (χ1) is 13.7. The first kappa shape index (κ1) is 26.2. The molecule has 168 valence electrons. The fraction of sp³-hybridized carbons (Fsp3) is 1.00. The van der Waals surface area contributed by atoms with E-state index in [9.17, 15) is 0 Å². The molecule has 1 nitrogen and oxygen atoms in total. The van der Waals surface area contributed by atoms with Crippen molar-refractivity contribution >= 4 is 8.32 Å². The van der Waals surface area contributed by atoms with Crippen molar-refractivity contribution in [3.05, 3.63) is 0 Å². The quantitative estimate of drug-likeness (QED) is 0.152. The van der Waals surface area contributed by atoms with Crippen LogP contribution in [-0.4, -0.2) is 14.9 Å². The molecular weight excluding hydrogens is 356 g/mol. The molecule has 1 aliphatic rings. The Morgan fingerprint density at radius 3 is 1.39 bits per heavy atom. The van der Waals surface area contributed by atoms with Crippen LogP contribution in [0.4, 0.5) is 0 Å². The Morgan fingerprint density at radius 1 is 0.571 bits per heavy atom. The maximum Gasteiger partial charge on any atom is 0.189 e. The van der Waals surface area contributed by atoms with Crippen LogP contribution in [0.25, 0.3) is 0 Å². The van der Waals surface area contributed by atoms with E-state index in [1.54, 1.807) is 0 Å². The zero-order valence-electron chi connectivity index (χ0n) is 20.0. The standard InChI is InChI=1S/C26H54OSi/c1-4-5-6-7-8-9-10-11-12-13-14-15-16-17-18-22-25-27-28(2,3)26-23-20-19-21-24-26/h26H,4-25H2,1-3H3. The Morgan fingerprint density at radius 2 is 0.964 bits per heavy atom. The van der Waals surface area contributed by atoms with Crippen molar-refractivity contribution in [3.8, 4) is 0 Å². The van der Waals surface area contributed by atoms with Gasteiger partial charge >= 0.3 is 0 Å². The van der Waals surface area contributed by atoms with Gasteiger partial charge in [0.05, 0.1) is 0 Å². The van der Waals surface area contributed by atoms with E-state index in [0.29, 0.717) is 0 Å². The molecule has 1 saturated carbocycles. The highest BCUT2D eigenvalue weighted by Crippen LogP contribution is 2.37. The van der Waals surface area contributed by atoms with E-state index in [1.165, 1.54) is 135 Å². The maximum atomic E-state index is 6.43. The van der Waals surface area contributed by atoms with Crippen molar-refractivity contribution < 1.29 is 4.43 Å². The van der Waals surface area contributed by atoms with Gasteiger partial charge in [0.15, 0.2) is 8.32 Å². The van der Waals surface area contributed by atoms with Crippen molar-refractivity contribution in [2.45, 2.75) is 160 Å². The molecule has 2 heteroatoms. The van der Waals surface area contributed by atoms with Crippen molar-refractivity contribution in [3.63, 3.8) is 0 Å². The van der Waals surface area contributed by atoms with Gasteiger partial charge < -0.3 is 4.43 Å². The third-order valence-corrected chi connectivity index (χ3v) is 10.6. The average Bonchev–Trinajstić information content (AvgIpc) is 2.71. The lowest BCUT2D eigenvalue weighted by Gasteiger charge is -2.34. The van der Waals surface area contributed by atoms with Crippen molar-refractivity contribution in [1.29, 1.82) is 0 Å². The Labute approximate surface area is 179 Å². The molecule has 28 heavy (non-hydrogen) atoms. The molecule has 0 saturated heterocycles. The molecule has 0 aromatic carbocycles. The third kappa shape index (κ3) is 14.2. The molecule has 0 N–H and O–H groups in total. The summed E-state index contributed by atoms with van der Waals surface area (Å²) < 4.78 is 6.43. The number of unbranched alkanes of at least 4 members (excludes halogenated alkanes) is 15. The fourth-order valence-electron chi connectivity index (χ4n) is 4.90. The molecule has 0 atom stereocenters. The molecule has 0 amide bonds. The molecule has 0 bridgehead atoms. The monoisotopic (exact) mass is 410 g/mol. The topological polar surface area (TPSA) is 9.23 Å². The van der Waals surface area contributed by atoms with Crippen LogP contribution in [0.1, 0.15) is 142 Å². The van der Waals surface area contributed by atoms with Gasteiger partial charge in [-0.05, 0) is 25.1 Å². The van der Waals surface area contributed by atoms with Crippen LogP contribution in [0.3, 0.4) is 0 Å². The maximum absolute atomic E-state index is 6.43. The highest BCUT2D eigenvalue weighted by Gasteiger charge is 2.34. The second-order valence-electron chi connectivity index (χ2n) is 10.1. The highest BCUT2D eigenvalue weighted by atomic mass is 28.4. The lowest BCUT2D eigenvalue weighted by Crippen LogP contribution is -2.38. The van der Waals surface area contributed by atoms with Crippen molar-refractivity contribution in [2.24, 2.45) is 0 Å². The fourth-order valence-corrected chi connectivity index (χ4v) is 7.61. The first-order valence-corrected chi connectivity index (χ1v) is 16.3. The van der Waals surface area contributed by atoms with Crippen LogP contribution in [0.5, 0.6) is 0 Å². The molecule has 0 radical (unpaired) electrons. The normalized spacial score (nSPS) is 16.0. The van der Waals surface area contributed by atoms with Gasteiger partial charge in [-0.1, -0.05) is 135 Å². The summed E-state index contributed by atoms with van der Waals surface area (Å²) in [6.45, 7) is 8.27. The van der Waals surface area contributed by atoms with Gasteiger partial charge in [-0.2, -0.15) is 0 Å². The van der Waals surface area contributed by atoms with Gasteiger partial charge in [-0.25, -0.2) is 0 Å². The van der Waals surface area contributed by atoms with Crippen LogP contribution in [0.15, 0.2) is 0 Å². The molecule has 1 fully saturated rings. The molecule has 0 heterocycles. The second kappa shape index (κ2) is 18.0. The predicted molar refractivity (Wildman–Crippen MR) is 130 cm³/mol.